The van der Waals surface area contributed by atoms with Crippen molar-refractivity contribution in [2.45, 2.75) is 51.0 Å². The van der Waals surface area contributed by atoms with Gasteiger partial charge in [0.15, 0.2) is 0 Å². The second-order valence-corrected chi connectivity index (χ2v) is 5.25. The average Bonchev–Trinajstić information content (AvgIpc) is 2.43. The first-order valence-electron chi connectivity index (χ1n) is 7.14. The number of benzene rings is 1. The number of hydrogen-bond donors (Lipinski definition) is 1. The number of fused-ring (bicyclic) bond motifs is 1. The van der Waals surface area contributed by atoms with Gasteiger partial charge in [-0.1, -0.05) is 19.4 Å². The minimum Gasteiger partial charge on any atom is -0.497 e. The number of hydrogen-bond acceptors (Lipinski definition) is 2. The van der Waals surface area contributed by atoms with E-state index in [1.54, 1.807) is 7.11 Å². The molecule has 0 aromatic heterocycles. The normalized spacial score (nSPS) is 20.3. The number of aryl methyl sites for hydroxylation is 1. The van der Waals surface area contributed by atoms with Crippen LogP contribution in [0.1, 0.15) is 49.7 Å². The van der Waals surface area contributed by atoms with Crippen LogP contribution in [-0.2, 0) is 6.42 Å². The molecule has 2 heteroatoms. The van der Waals surface area contributed by atoms with E-state index in [4.69, 9.17) is 4.74 Å². The molecule has 0 saturated carbocycles. The molecule has 1 aromatic rings. The molecule has 0 bridgehead atoms. The fourth-order valence-corrected chi connectivity index (χ4v) is 3.23. The van der Waals surface area contributed by atoms with Gasteiger partial charge < -0.3 is 10.1 Å². The predicted molar refractivity (Wildman–Crippen MR) is 76.4 cm³/mol. The Morgan fingerprint density at radius 3 is 2.94 bits per heavy atom. The van der Waals surface area contributed by atoms with Crippen molar-refractivity contribution in [1.82, 2.24) is 5.32 Å². The molecule has 0 fully saturated rings. The van der Waals surface area contributed by atoms with Crippen molar-refractivity contribution < 1.29 is 4.74 Å². The zero-order valence-corrected chi connectivity index (χ0v) is 11.8. The highest BCUT2D eigenvalue weighted by atomic mass is 16.5. The molecule has 100 valence electrons. The molecule has 0 saturated heterocycles. The van der Waals surface area contributed by atoms with Gasteiger partial charge in [-0.05, 0) is 61.9 Å². The highest BCUT2D eigenvalue weighted by molar-refractivity contribution is 5.40. The summed E-state index contributed by atoms with van der Waals surface area (Å²) in [4.78, 5) is 0. The summed E-state index contributed by atoms with van der Waals surface area (Å²) in [7, 11) is 3.84. The van der Waals surface area contributed by atoms with Crippen LogP contribution in [0.3, 0.4) is 0 Å². The van der Waals surface area contributed by atoms with Gasteiger partial charge in [-0.3, -0.25) is 0 Å². The quantitative estimate of drug-likeness (QED) is 0.860. The molecule has 0 heterocycles. The molecule has 1 aliphatic carbocycles. The number of nitrogens with one attached hydrogen (secondary N) is 1. The maximum absolute atomic E-state index is 5.33. The minimum absolute atomic E-state index is 0.613. The number of ether oxygens (including phenoxy) is 1. The first-order chi connectivity index (χ1) is 8.80. The number of rotatable bonds is 5. The Labute approximate surface area is 111 Å². The molecule has 2 unspecified atom stereocenters. The van der Waals surface area contributed by atoms with E-state index < -0.39 is 0 Å². The lowest BCUT2D eigenvalue weighted by Gasteiger charge is -2.32. The van der Waals surface area contributed by atoms with Gasteiger partial charge in [0, 0.05) is 6.04 Å². The van der Waals surface area contributed by atoms with Gasteiger partial charge in [0.1, 0.15) is 5.75 Å². The topological polar surface area (TPSA) is 21.3 Å². The molecule has 1 aromatic carbocycles. The van der Waals surface area contributed by atoms with Gasteiger partial charge in [0.05, 0.1) is 7.11 Å². The lowest BCUT2D eigenvalue weighted by atomic mass is 9.77. The van der Waals surface area contributed by atoms with Crippen molar-refractivity contribution in [3.05, 3.63) is 29.3 Å². The van der Waals surface area contributed by atoms with Crippen LogP contribution in [0.25, 0.3) is 0 Å². The molecular formula is C16H25NO. The Hall–Kier alpha value is -1.02. The molecule has 0 amide bonds. The van der Waals surface area contributed by atoms with Crippen LogP contribution in [0.15, 0.2) is 18.2 Å². The molecule has 0 spiro atoms. The Kier molecular flexibility index (Phi) is 4.65. The van der Waals surface area contributed by atoms with Crippen molar-refractivity contribution in [2.75, 3.05) is 14.2 Å². The maximum atomic E-state index is 5.33. The van der Waals surface area contributed by atoms with E-state index in [1.807, 2.05) is 0 Å². The summed E-state index contributed by atoms with van der Waals surface area (Å²) in [6, 6.07) is 7.22. The van der Waals surface area contributed by atoms with Gasteiger partial charge in [-0.15, -0.1) is 0 Å². The Morgan fingerprint density at radius 1 is 1.44 bits per heavy atom. The number of likely N-dealkylation sites (N-methyl/N-ethyl adjacent to an activating group) is 1. The van der Waals surface area contributed by atoms with Crippen LogP contribution in [0.5, 0.6) is 5.75 Å². The van der Waals surface area contributed by atoms with Crippen LogP contribution in [0, 0.1) is 0 Å². The predicted octanol–water partition coefficient (Wildman–Crippen LogP) is 3.50. The highest BCUT2D eigenvalue weighted by Crippen LogP contribution is 2.36. The van der Waals surface area contributed by atoms with Crippen LogP contribution in [0.4, 0.5) is 0 Å². The van der Waals surface area contributed by atoms with Crippen molar-refractivity contribution in [3.63, 3.8) is 0 Å². The Bertz CT molecular complexity index is 389. The molecule has 18 heavy (non-hydrogen) atoms. The van der Waals surface area contributed by atoms with E-state index in [0.717, 1.165) is 5.75 Å². The summed E-state index contributed by atoms with van der Waals surface area (Å²) in [6.07, 6.45) is 6.31. The molecule has 2 rings (SSSR count). The van der Waals surface area contributed by atoms with Gasteiger partial charge in [-0.2, -0.15) is 0 Å². The summed E-state index contributed by atoms with van der Waals surface area (Å²) in [6.45, 7) is 2.27. The second kappa shape index (κ2) is 6.24. The first-order valence-corrected chi connectivity index (χ1v) is 7.14. The highest BCUT2D eigenvalue weighted by Gasteiger charge is 2.26. The van der Waals surface area contributed by atoms with Crippen molar-refractivity contribution >= 4 is 0 Å². The molecule has 0 aliphatic heterocycles. The summed E-state index contributed by atoms with van der Waals surface area (Å²) in [5, 5.41) is 3.51. The minimum atomic E-state index is 0.613. The molecular weight excluding hydrogens is 222 g/mol. The third kappa shape index (κ3) is 2.69. The van der Waals surface area contributed by atoms with Crippen LogP contribution in [0.2, 0.25) is 0 Å². The zero-order valence-electron chi connectivity index (χ0n) is 11.8. The fourth-order valence-electron chi connectivity index (χ4n) is 3.23. The van der Waals surface area contributed by atoms with E-state index in [0.29, 0.717) is 12.0 Å². The van der Waals surface area contributed by atoms with E-state index in [-0.39, 0.29) is 0 Å². The zero-order chi connectivity index (χ0) is 13.0. The van der Waals surface area contributed by atoms with Gasteiger partial charge >= 0.3 is 0 Å². The molecule has 0 radical (unpaired) electrons. The van der Waals surface area contributed by atoms with E-state index in [9.17, 15) is 0 Å². The van der Waals surface area contributed by atoms with E-state index >= 15 is 0 Å². The Balaban J connectivity index is 2.26. The summed E-state index contributed by atoms with van der Waals surface area (Å²) in [5.74, 6) is 1.66. The third-order valence-electron chi connectivity index (χ3n) is 4.17. The summed E-state index contributed by atoms with van der Waals surface area (Å²) >= 11 is 0. The molecule has 2 atom stereocenters. The Morgan fingerprint density at radius 2 is 2.28 bits per heavy atom. The fraction of sp³-hybridized carbons (Fsp3) is 0.625. The lowest BCUT2D eigenvalue weighted by molar-refractivity contribution is 0.386. The molecule has 2 nitrogen and oxygen atoms in total. The summed E-state index contributed by atoms with van der Waals surface area (Å²) < 4.78 is 5.33. The van der Waals surface area contributed by atoms with Gasteiger partial charge in [0.2, 0.25) is 0 Å². The van der Waals surface area contributed by atoms with Crippen LogP contribution >= 0.6 is 0 Å². The standard InChI is InChI=1S/C16H25NO/c1-4-6-16(17-2)15-8-5-7-12-11-13(18-3)9-10-14(12)15/h9-11,15-17H,4-8H2,1-3H3. The van der Waals surface area contributed by atoms with Crippen LogP contribution < -0.4 is 10.1 Å². The molecule has 1 aliphatic rings. The van der Waals surface area contributed by atoms with Crippen molar-refractivity contribution in [3.8, 4) is 5.75 Å². The van der Waals surface area contributed by atoms with Crippen LogP contribution in [-0.4, -0.2) is 20.2 Å². The van der Waals surface area contributed by atoms with Crippen molar-refractivity contribution in [1.29, 1.82) is 0 Å². The lowest BCUT2D eigenvalue weighted by Crippen LogP contribution is -2.34. The smallest absolute Gasteiger partial charge is 0.119 e. The maximum Gasteiger partial charge on any atom is 0.119 e. The summed E-state index contributed by atoms with van der Waals surface area (Å²) in [5.41, 5.74) is 3.02. The molecule has 1 N–H and O–H groups in total. The number of methoxy groups -OCH3 is 1. The average molecular weight is 247 g/mol. The largest absolute Gasteiger partial charge is 0.497 e. The first kappa shape index (κ1) is 13.4. The van der Waals surface area contributed by atoms with Gasteiger partial charge in [-0.25, -0.2) is 0 Å². The van der Waals surface area contributed by atoms with E-state index in [1.165, 1.54) is 43.2 Å². The third-order valence-corrected chi connectivity index (χ3v) is 4.17. The van der Waals surface area contributed by atoms with E-state index in [2.05, 4.69) is 37.5 Å². The second-order valence-electron chi connectivity index (χ2n) is 5.25. The van der Waals surface area contributed by atoms with Gasteiger partial charge in [0.25, 0.3) is 0 Å². The SMILES string of the molecule is CCCC(NC)C1CCCc2cc(OC)ccc21. The monoisotopic (exact) mass is 247 g/mol. The van der Waals surface area contributed by atoms with Crippen molar-refractivity contribution in [2.24, 2.45) is 0 Å².